The van der Waals surface area contributed by atoms with Crippen LogP contribution in [0.1, 0.15) is 64.0 Å². The molecule has 1 atom stereocenters. The standard InChI is InChI=1S/C18H23O2P.C8H13.CH3.Ni/c1-12-8-6-10-14(20-5)17(12)21-15-11-7-9-13(16(15)19)18(2,3)4;1-2-4-6-8-7-5-3-1;;/h6-11,19,21H,1-5H3;1-2,7H,3-6,8H2;1H3;/q;-1;+1;/p+1/b;2-1-;;. The number of hydrogen-bond acceptors (Lipinski definition) is 2. The molecule has 1 unspecified atom stereocenters. The Bertz CT molecular complexity index is 799. The van der Waals surface area contributed by atoms with Crippen LogP contribution < -0.4 is 15.3 Å². The third-order valence-corrected chi connectivity index (χ3v) is 6.97. The van der Waals surface area contributed by atoms with E-state index in [1.807, 2.05) is 30.3 Å². The van der Waals surface area contributed by atoms with Gasteiger partial charge in [0, 0.05) is 29.5 Å². The monoisotopic (exact) mass is 485 g/mol. The van der Waals surface area contributed by atoms with E-state index in [1.165, 1.54) is 43.0 Å². The van der Waals surface area contributed by atoms with Crippen LogP contribution in [0.4, 0.5) is 0 Å². The van der Waals surface area contributed by atoms with Crippen LogP contribution in [0.15, 0.2) is 48.6 Å². The van der Waals surface area contributed by atoms with E-state index < -0.39 is 0 Å². The van der Waals surface area contributed by atoms with Gasteiger partial charge in [-0.15, -0.1) is 0 Å². The largest absolute Gasteiger partial charge is 0.504 e. The Kier molecular flexibility index (Phi) is 13.9. The predicted octanol–water partition coefficient (Wildman–Crippen LogP) is 6.53. The first-order valence-electron chi connectivity index (χ1n) is 10.6. The smallest absolute Gasteiger partial charge is 0.161 e. The molecule has 3 rings (SSSR count). The van der Waals surface area contributed by atoms with E-state index >= 15 is 0 Å². The molecule has 174 valence electrons. The first kappa shape index (κ1) is 29.6. The number of phenolic OH excluding ortho intramolecular Hbond substituents is 1. The zero-order chi connectivity index (χ0) is 21.3. The van der Waals surface area contributed by atoms with Gasteiger partial charge in [0.05, 0.1) is 15.7 Å². The Morgan fingerprint density at radius 3 is 2.35 bits per heavy atom. The van der Waals surface area contributed by atoms with Crippen molar-refractivity contribution in [1.29, 1.82) is 0 Å². The van der Waals surface area contributed by atoms with Gasteiger partial charge in [-0.05, 0) is 36.5 Å². The molecule has 0 saturated heterocycles. The predicted molar refractivity (Wildman–Crippen MR) is 136 cm³/mol. The summed E-state index contributed by atoms with van der Waals surface area (Å²) in [7, 11) is 1.49. The molecule has 0 spiro atoms. The summed E-state index contributed by atoms with van der Waals surface area (Å²) >= 11 is 0. The molecule has 0 aliphatic heterocycles. The summed E-state index contributed by atoms with van der Waals surface area (Å²) < 4.78 is 5.47. The Hall–Kier alpha value is -1.43. The number of methoxy groups -OCH3 is 1. The minimum atomic E-state index is -0.203. The van der Waals surface area contributed by atoms with E-state index in [4.69, 9.17) is 4.74 Å². The molecule has 1 N–H and O–H groups in total. The zero-order valence-electron chi connectivity index (χ0n) is 20.0. The SMILES string of the molecule is C1=C\CCC[CH-]CC/1.COc1cccc(C)c1[PH2+]c1cccc(C(C)(C)C)c1O.[CH3+].[Ni]. The molecule has 1 aliphatic carbocycles. The van der Waals surface area contributed by atoms with Gasteiger partial charge in [-0.25, -0.2) is 0 Å². The number of para-hydroxylation sites is 1. The van der Waals surface area contributed by atoms with Gasteiger partial charge in [0.1, 0.15) is 10.6 Å². The summed E-state index contributed by atoms with van der Waals surface area (Å²) in [6.45, 7) is 8.45. The molecule has 0 fully saturated rings. The van der Waals surface area contributed by atoms with E-state index in [9.17, 15) is 5.11 Å². The number of phenols is 1. The van der Waals surface area contributed by atoms with Crippen molar-refractivity contribution in [2.75, 3.05) is 7.11 Å². The Balaban J connectivity index is 0.000000764. The van der Waals surface area contributed by atoms with Crippen molar-refractivity contribution in [2.45, 2.75) is 65.2 Å². The van der Waals surface area contributed by atoms with Gasteiger partial charge in [-0.1, -0.05) is 70.0 Å². The second-order valence-electron chi connectivity index (χ2n) is 8.60. The van der Waals surface area contributed by atoms with Crippen molar-refractivity contribution in [1.82, 2.24) is 0 Å². The maximum atomic E-state index is 10.6. The van der Waals surface area contributed by atoms with Gasteiger partial charge in [0.25, 0.3) is 0 Å². The molecule has 0 saturated carbocycles. The molecule has 2 aromatic rings. The Labute approximate surface area is 202 Å². The second kappa shape index (κ2) is 14.6. The van der Waals surface area contributed by atoms with Crippen LogP contribution in [-0.2, 0) is 21.9 Å². The molecule has 4 heteroatoms. The van der Waals surface area contributed by atoms with E-state index in [0.29, 0.717) is 5.75 Å². The van der Waals surface area contributed by atoms with Crippen LogP contribution >= 0.6 is 8.58 Å². The summed E-state index contributed by atoms with van der Waals surface area (Å²) in [4.78, 5) is 0. The zero-order valence-corrected chi connectivity index (χ0v) is 22.1. The number of benzene rings is 2. The van der Waals surface area contributed by atoms with Crippen molar-refractivity contribution < 1.29 is 26.3 Å². The third-order valence-electron chi connectivity index (χ3n) is 5.16. The van der Waals surface area contributed by atoms with E-state index in [0.717, 1.165) is 16.6 Å². The molecule has 0 bridgehead atoms. The molecule has 0 aromatic heterocycles. The minimum Gasteiger partial charge on any atom is -0.504 e. The number of rotatable bonds is 3. The quantitative estimate of drug-likeness (QED) is 0.232. The van der Waals surface area contributed by atoms with Crippen LogP contribution in [-0.4, -0.2) is 12.2 Å². The van der Waals surface area contributed by atoms with Gasteiger partial charge in [-0.3, -0.25) is 0 Å². The van der Waals surface area contributed by atoms with Gasteiger partial charge in [-0.2, -0.15) is 12.8 Å². The van der Waals surface area contributed by atoms with Crippen molar-refractivity contribution >= 4 is 19.2 Å². The average molecular weight is 486 g/mol. The van der Waals surface area contributed by atoms with Crippen LogP contribution in [0.5, 0.6) is 11.5 Å². The van der Waals surface area contributed by atoms with Crippen molar-refractivity contribution in [3.63, 3.8) is 0 Å². The molecular weight excluding hydrogens is 446 g/mol. The van der Waals surface area contributed by atoms with Crippen LogP contribution in [0, 0.1) is 20.8 Å². The molecular formula is C27H40NiO2P+. The fourth-order valence-corrected chi connectivity index (χ4v) is 4.92. The molecule has 2 nitrogen and oxygen atoms in total. The van der Waals surface area contributed by atoms with Gasteiger partial charge in [0.15, 0.2) is 11.5 Å². The van der Waals surface area contributed by atoms with Crippen molar-refractivity contribution in [3.05, 3.63) is 73.5 Å². The summed E-state index contributed by atoms with van der Waals surface area (Å²) in [6.07, 6.45) is 13.5. The fourth-order valence-electron chi connectivity index (χ4n) is 3.43. The van der Waals surface area contributed by atoms with Crippen molar-refractivity contribution in [2.24, 2.45) is 0 Å². The van der Waals surface area contributed by atoms with Gasteiger partial charge >= 0.3 is 0 Å². The summed E-state index contributed by atoms with van der Waals surface area (Å²) in [5.74, 6) is 1.34. The van der Waals surface area contributed by atoms with Crippen molar-refractivity contribution in [3.8, 4) is 11.5 Å². The topological polar surface area (TPSA) is 29.5 Å². The Morgan fingerprint density at radius 1 is 1.00 bits per heavy atom. The average Bonchev–Trinajstić information content (AvgIpc) is 2.64. The van der Waals surface area contributed by atoms with Crippen LogP contribution in [0.2, 0.25) is 0 Å². The number of aryl methyl sites for hydroxylation is 1. The summed E-state index contributed by atoms with van der Waals surface area (Å²) in [5.41, 5.74) is 2.15. The van der Waals surface area contributed by atoms with Gasteiger partial charge in [0.2, 0.25) is 0 Å². The van der Waals surface area contributed by atoms with Crippen LogP contribution in [0.25, 0.3) is 0 Å². The van der Waals surface area contributed by atoms with E-state index in [-0.39, 0.29) is 37.9 Å². The van der Waals surface area contributed by atoms with Crippen LogP contribution in [0.3, 0.4) is 0 Å². The summed E-state index contributed by atoms with van der Waals surface area (Å²) in [6, 6.07) is 12.1. The number of hydrogen-bond donors (Lipinski definition) is 1. The maximum absolute atomic E-state index is 10.6. The maximum Gasteiger partial charge on any atom is 0.161 e. The van der Waals surface area contributed by atoms with E-state index in [1.54, 1.807) is 7.11 Å². The number of ether oxygens (including phenoxy) is 1. The van der Waals surface area contributed by atoms with E-state index in [2.05, 4.69) is 52.3 Å². The molecule has 0 radical (unpaired) electrons. The molecule has 0 heterocycles. The molecule has 2 aromatic carbocycles. The first-order valence-corrected chi connectivity index (χ1v) is 11.8. The number of allylic oxidation sites excluding steroid dienone is 2. The molecule has 1 aliphatic rings. The fraction of sp³-hybridized carbons (Fsp3) is 0.407. The first-order chi connectivity index (χ1) is 13.8. The molecule has 0 amide bonds. The third kappa shape index (κ3) is 9.30. The normalized spacial score (nSPS) is 14.9. The Morgan fingerprint density at radius 2 is 1.68 bits per heavy atom. The minimum absolute atomic E-state index is 0. The summed E-state index contributed by atoms with van der Waals surface area (Å²) in [5, 5.41) is 12.9. The van der Waals surface area contributed by atoms with Gasteiger partial charge < -0.3 is 16.3 Å². The number of aromatic hydroxyl groups is 1. The molecule has 31 heavy (non-hydrogen) atoms. The second-order valence-corrected chi connectivity index (χ2v) is 10.1.